The molecule has 0 unspecified atom stereocenters. The molecule has 0 radical (unpaired) electrons. The number of likely N-dealkylation sites (tertiary alicyclic amines) is 1. The molecule has 3 nitrogen and oxygen atoms in total. The van der Waals surface area contributed by atoms with Crippen molar-refractivity contribution in [3.05, 3.63) is 83.1 Å². The van der Waals surface area contributed by atoms with E-state index >= 15 is 0 Å². The van der Waals surface area contributed by atoms with Crippen LogP contribution < -0.4 is 4.74 Å². The van der Waals surface area contributed by atoms with Gasteiger partial charge in [-0.2, -0.15) is 0 Å². The average molecular weight is 435 g/mol. The first-order valence-electron chi connectivity index (χ1n) is 11.2. The molecule has 1 aromatic heterocycles. The zero-order valence-electron chi connectivity index (χ0n) is 18.5. The first kappa shape index (κ1) is 21.9. The van der Waals surface area contributed by atoms with Crippen LogP contribution in [0.5, 0.6) is 5.75 Å². The maximum Gasteiger partial charge on any atom is 0.120 e. The zero-order chi connectivity index (χ0) is 21.7. The summed E-state index contributed by atoms with van der Waals surface area (Å²) in [5, 5.41) is 0.747. The molecule has 1 saturated heterocycles. The topological polar surface area (TPSA) is 25.4 Å². The summed E-state index contributed by atoms with van der Waals surface area (Å²) in [5.41, 5.74) is 4.41. The highest BCUT2D eigenvalue weighted by molar-refractivity contribution is 6.30. The van der Waals surface area contributed by atoms with Crippen molar-refractivity contribution in [2.75, 3.05) is 13.1 Å². The monoisotopic (exact) mass is 434 g/mol. The Morgan fingerprint density at radius 2 is 1.58 bits per heavy atom. The van der Waals surface area contributed by atoms with E-state index in [1.807, 2.05) is 30.5 Å². The number of halogens is 1. The van der Waals surface area contributed by atoms with Crippen LogP contribution in [0.4, 0.5) is 0 Å². The summed E-state index contributed by atoms with van der Waals surface area (Å²) in [6.07, 6.45) is 6.37. The second-order valence-electron chi connectivity index (χ2n) is 9.03. The molecule has 31 heavy (non-hydrogen) atoms. The molecular weight excluding hydrogens is 404 g/mol. The summed E-state index contributed by atoms with van der Waals surface area (Å²) < 4.78 is 6.30. The summed E-state index contributed by atoms with van der Waals surface area (Å²) in [6, 6.07) is 20.7. The van der Waals surface area contributed by atoms with Gasteiger partial charge in [-0.05, 0) is 94.1 Å². The Hall–Kier alpha value is -2.36. The summed E-state index contributed by atoms with van der Waals surface area (Å²) in [5.74, 6) is 0.932. The fourth-order valence-electron chi connectivity index (χ4n) is 4.05. The van der Waals surface area contributed by atoms with Crippen molar-refractivity contribution in [2.24, 2.45) is 0 Å². The van der Waals surface area contributed by atoms with Gasteiger partial charge in [-0.3, -0.25) is 9.88 Å². The van der Waals surface area contributed by atoms with Gasteiger partial charge in [0.2, 0.25) is 0 Å². The van der Waals surface area contributed by atoms with Crippen molar-refractivity contribution in [1.82, 2.24) is 9.88 Å². The van der Waals surface area contributed by atoms with Crippen LogP contribution in [0.1, 0.15) is 44.4 Å². The van der Waals surface area contributed by atoms with Crippen LogP contribution in [-0.2, 0) is 13.0 Å². The van der Waals surface area contributed by atoms with E-state index in [-0.39, 0.29) is 5.60 Å². The van der Waals surface area contributed by atoms with Crippen molar-refractivity contribution in [2.45, 2.75) is 51.7 Å². The minimum atomic E-state index is -0.257. The van der Waals surface area contributed by atoms with E-state index in [0.29, 0.717) is 0 Å². The van der Waals surface area contributed by atoms with Gasteiger partial charge in [-0.1, -0.05) is 41.9 Å². The Labute approximate surface area is 191 Å². The van der Waals surface area contributed by atoms with E-state index < -0.39 is 0 Å². The summed E-state index contributed by atoms with van der Waals surface area (Å²) in [4.78, 5) is 7.17. The lowest BCUT2D eigenvalue weighted by Gasteiger charge is -2.26. The van der Waals surface area contributed by atoms with Crippen LogP contribution in [-0.4, -0.2) is 28.6 Å². The van der Waals surface area contributed by atoms with Crippen molar-refractivity contribution < 1.29 is 4.74 Å². The van der Waals surface area contributed by atoms with Gasteiger partial charge in [-0.25, -0.2) is 0 Å². The third kappa shape index (κ3) is 6.32. The Kier molecular flexibility index (Phi) is 6.94. The van der Waals surface area contributed by atoms with Gasteiger partial charge in [0.05, 0.1) is 0 Å². The summed E-state index contributed by atoms with van der Waals surface area (Å²) >= 11 is 5.98. The van der Waals surface area contributed by atoms with Crippen molar-refractivity contribution >= 4 is 11.6 Å². The van der Waals surface area contributed by atoms with E-state index in [1.54, 1.807) is 0 Å². The third-order valence-electron chi connectivity index (χ3n) is 5.91. The van der Waals surface area contributed by atoms with Crippen molar-refractivity contribution in [3.8, 4) is 16.9 Å². The first-order valence-corrected chi connectivity index (χ1v) is 11.6. The van der Waals surface area contributed by atoms with Crippen LogP contribution in [0.25, 0.3) is 11.1 Å². The molecule has 1 fully saturated rings. The normalized spacial score (nSPS) is 14.7. The fourth-order valence-corrected chi connectivity index (χ4v) is 4.17. The molecular formula is C27H31ClN2O. The molecule has 0 amide bonds. The average Bonchev–Trinajstić information content (AvgIpc) is 3.28. The van der Waals surface area contributed by atoms with Gasteiger partial charge in [0.1, 0.15) is 11.4 Å². The number of hydrogen-bond donors (Lipinski definition) is 0. The molecule has 0 spiro atoms. The van der Waals surface area contributed by atoms with Crippen molar-refractivity contribution in [1.29, 1.82) is 0 Å². The molecule has 2 aromatic carbocycles. The van der Waals surface area contributed by atoms with E-state index in [4.69, 9.17) is 16.3 Å². The van der Waals surface area contributed by atoms with Crippen LogP contribution in [0.3, 0.4) is 0 Å². The van der Waals surface area contributed by atoms with Gasteiger partial charge < -0.3 is 4.74 Å². The van der Waals surface area contributed by atoms with E-state index in [9.17, 15) is 0 Å². The molecule has 0 atom stereocenters. The molecule has 4 rings (SSSR count). The van der Waals surface area contributed by atoms with Gasteiger partial charge >= 0.3 is 0 Å². The SMILES string of the molecule is CC(C)(CCc1ccc(-c2ccc(Cl)cc2)cn1)Oc1ccc(CN2CCCC2)cc1. The zero-order valence-corrected chi connectivity index (χ0v) is 19.2. The Morgan fingerprint density at radius 3 is 2.23 bits per heavy atom. The number of aryl methyl sites for hydroxylation is 1. The predicted molar refractivity (Wildman–Crippen MR) is 129 cm³/mol. The highest BCUT2D eigenvalue weighted by atomic mass is 35.5. The number of aromatic nitrogens is 1. The second-order valence-corrected chi connectivity index (χ2v) is 9.47. The first-order chi connectivity index (χ1) is 15.0. The molecule has 3 aromatic rings. The largest absolute Gasteiger partial charge is 0.488 e. The minimum absolute atomic E-state index is 0.257. The molecule has 1 aliphatic rings. The van der Waals surface area contributed by atoms with Gasteiger partial charge in [0.25, 0.3) is 0 Å². The van der Waals surface area contributed by atoms with Crippen LogP contribution in [0, 0.1) is 0 Å². The molecule has 1 aliphatic heterocycles. The van der Waals surface area contributed by atoms with Crippen LogP contribution in [0.15, 0.2) is 66.9 Å². The Morgan fingerprint density at radius 1 is 0.903 bits per heavy atom. The maximum absolute atomic E-state index is 6.30. The van der Waals surface area contributed by atoms with Gasteiger partial charge in [-0.15, -0.1) is 0 Å². The highest BCUT2D eigenvalue weighted by Crippen LogP contribution is 2.25. The van der Waals surface area contributed by atoms with E-state index in [2.05, 4.69) is 60.1 Å². The van der Waals surface area contributed by atoms with Gasteiger partial charge in [0, 0.05) is 29.0 Å². The minimum Gasteiger partial charge on any atom is -0.488 e. The predicted octanol–water partition coefficient (Wildman–Crippen LogP) is 6.79. The summed E-state index contributed by atoms with van der Waals surface area (Å²) in [7, 11) is 0. The van der Waals surface area contributed by atoms with Crippen molar-refractivity contribution in [3.63, 3.8) is 0 Å². The van der Waals surface area contributed by atoms with E-state index in [1.165, 1.54) is 31.5 Å². The number of ether oxygens (including phenoxy) is 1. The second kappa shape index (κ2) is 9.84. The lowest BCUT2D eigenvalue weighted by atomic mass is 10.00. The quantitative estimate of drug-likeness (QED) is 0.390. The molecule has 0 saturated carbocycles. The number of benzene rings is 2. The number of pyridine rings is 1. The van der Waals surface area contributed by atoms with Gasteiger partial charge in [0.15, 0.2) is 0 Å². The Bertz CT molecular complexity index is 960. The smallest absolute Gasteiger partial charge is 0.120 e. The molecule has 162 valence electrons. The third-order valence-corrected chi connectivity index (χ3v) is 6.16. The molecule has 2 heterocycles. The Balaban J connectivity index is 1.29. The molecule has 4 heteroatoms. The highest BCUT2D eigenvalue weighted by Gasteiger charge is 2.20. The lowest BCUT2D eigenvalue weighted by molar-refractivity contribution is 0.0994. The van der Waals surface area contributed by atoms with E-state index in [0.717, 1.165) is 47.0 Å². The number of hydrogen-bond acceptors (Lipinski definition) is 3. The van der Waals surface area contributed by atoms with Crippen LogP contribution >= 0.6 is 11.6 Å². The number of nitrogens with zero attached hydrogens (tertiary/aromatic N) is 2. The number of rotatable bonds is 8. The summed E-state index contributed by atoms with van der Waals surface area (Å²) in [6.45, 7) is 7.78. The lowest BCUT2D eigenvalue weighted by Crippen LogP contribution is -2.29. The molecule has 0 N–H and O–H groups in total. The molecule has 0 aliphatic carbocycles. The maximum atomic E-state index is 6.30. The standard InChI is InChI=1S/C27H31ClN2O/c1-27(2,31-26-13-5-21(6-14-26)20-30-17-3-4-18-30)16-15-25-12-9-23(19-29-25)22-7-10-24(28)11-8-22/h5-14,19H,3-4,15-18,20H2,1-2H3. The molecule has 0 bridgehead atoms. The van der Waals surface area contributed by atoms with Crippen LogP contribution in [0.2, 0.25) is 5.02 Å². The fraction of sp³-hybridized carbons (Fsp3) is 0.370.